The van der Waals surface area contributed by atoms with Gasteiger partial charge >= 0.3 is 0 Å². The highest BCUT2D eigenvalue weighted by molar-refractivity contribution is 7.89. The molecule has 1 aliphatic carbocycles. The van der Waals surface area contributed by atoms with Crippen molar-refractivity contribution >= 4 is 21.8 Å². The normalized spacial score (nSPS) is 13.5. The molecule has 0 radical (unpaired) electrons. The summed E-state index contributed by atoms with van der Waals surface area (Å²) in [5, 5.41) is 3.05. The van der Waals surface area contributed by atoms with E-state index in [4.69, 9.17) is 4.74 Å². The van der Waals surface area contributed by atoms with E-state index in [1.165, 1.54) is 0 Å². The summed E-state index contributed by atoms with van der Waals surface area (Å²) in [5.74, 6) is 0.334. The van der Waals surface area contributed by atoms with E-state index in [9.17, 15) is 18.0 Å². The Morgan fingerprint density at radius 1 is 0.800 bits per heavy atom. The van der Waals surface area contributed by atoms with Crippen LogP contribution in [-0.2, 0) is 45.5 Å². The summed E-state index contributed by atoms with van der Waals surface area (Å²) in [7, 11) is -1.94. The SMILES string of the molecule is COc1ccc(CNC(=O)C(Cc2ccccc2)N(Cc2ccccc2)C(=O)CCc2ccc(S(=O)(=O)NC3CC3)cc2)cc1. The van der Waals surface area contributed by atoms with Gasteiger partial charge in [0, 0.05) is 32.0 Å². The lowest BCUT2D eigenvalue weighted by Gasteiger charge is -2.31. The zero-order valence-electron chi connectivity index (χ0n) is 25.4. The maximum Gasteiger partial charge on any atom is 0.243 e. The number of ether oxygens (including phenoxy) is 1. The average molecular weight is 626 g/mol. The summed E-state index contributed by atoms with van der Waals surface area (Å²) < 4.78 is 33.1. The van der Waals surface area contributed by atoms with Crippen LogP contribution in [-0.4, -0.2) is 44.3 Å². The van der Waals surface area contributed by atoms with Gasteiger partial charge in [-0.2, -0.15) is 0 Å². The molecule has 234 valence electrons. The number of benzene rings is 4. The van der Waals surface area contributed by atoms with Crippen LogP contribution in [0.3, 0.4) is 0 Å². The number of rotatable bonds is 15. The van der Waals surface area contributed by atoms with Crippen molar-refractivity contribution in [2.24, 2.45) is 0 Å². The second kappa shape index (κ2) is 15.0. The Morgan fingerprint density at radius 2 is 1.40 bits per heavy atom. The van der Waals surface area contributed by atoms with Crippen LogP contribution >= 0.6 is 0 Å². The Hall–Kier alpha value is -4.47. The van der Waals surface area contributed by atoms with Gasteiger partial charge in [-0.1, -0.05) is 84.9 Å². The van der Waals surface area contributed by atoms with Crippen molar-refractivity contribution in [1.29, 1.82) is 0 Å². The Balaban J connectivity index is 1.34. The van der Waals surface area contributed by atoms with Crippen LogP contribution in [0.5, 0.6) is 5.75 Å². The summed E-state index contributed by atoms with van der Waals surface area (Å²) in [6.07, 6.45) is 2.66. The molecule has 0 heterocycles. The zero-order valence-corrected chi connectivity index (χ0v) is 26.2. The van der Waals surface area contributed by atoms with E-state index < -0.39 is 16.1 Å². The number of nitrogens with zero attached hydrogens (tertiary/aromatic N) is 1. The molecule has 9 heteroatoms. The Kier molecular flexibility index (Phi) is 10.7. The van der Waals surface area contributed by atoms with Crippen LogP contribution in [0.25, 0.3) is 0 Å². The van der Waals surface area contributed by atoms with Crippen LogP contribution in [0.15, 0.2) is 114 Å². The average Bonchev–Trinajstić information content (AvgIpc) is 3.89. The number of hydrogen-bond donors (Lipinski definition) is 2. The maximum atomic E-state index is 14.0. The standard InChI is InChI=1S/C36H39N3O5S/c1-44-32-19-12-29(13-20-32)25-37-36(41)34(24-28-8-4-2-5-9-28)39(26-30-10-6-3-7-11-30)35(40)23-16-27-14-21-33(22-15-27)45(42,43)38-31-17-18-31/h2-15,19-22,31,34,38H,16-18,23-26H2,1H3,(H,37,41). The molecule has 1 fully saturated rings. The van der Waals surface area contributed by atoms with Crippen molar-refractivity contribution in [3.8, 4) is 5.75 Å². The molecule has 0 aromatic heterocycles. The van der Waals surface area contributed by atoms with E-state index in [1.54, 1.807) is 36.3 Å². The van der Waals surface area contributed by atoms with Gasteiger partial charge < -0.3 is 15.0 Å². The Labute approximate surface area is 265 Å². The van der Waals surface area contributed by atoms with E-state index in [1.807, 2.05) is 84.9 Å². The third kappa shape index (κ3) is 9.26. The minimum Gasteiger partial charge on any atom is -0.497 e. The lowest BCUT2D eigenvalue weighted by molar-refractivity contribution is -0.141. The van der Waals surface area contributed by atoms with Gasteiger partial charge in [-0.15, -0.1) is 0 Å². The highest BCUT2D eigenvalue weighted by Crippen LogP contribution is 2.23. The summed E-state index contributed by atoms with van der Waals surface area (Å²) in [4.78, 5) is 29.7. The predicted molar refractivity (Wildman–Crippen MR) is 174 cm³/mol. The molecule has 2 amide bonds. The minimum atomic E-state index is -3.55. The summed E-state index contributed by atoms with van der Waals surface area (Å²) in [5.41, 5.74) is 3.63. The molecule has 8 nitrogen and oxygen atoms in total. The molecule has 5 rings (SSSR count). The van der Waals surface area contributed by atoms with Crippen molar-refractivity contribution in [3.05, 3.63) is 131 Å². The number of aryl methyl sites for hydroxylation is 1. The first-order valence-electron chi connectivity index (χ1n) is 15.2. The van der Waals surface area contributed by atoms with Gasteiger partial charge in [-0.3, -0.25) is 9.59 Å². The number of sulfonamides is 1. The molecule has 4 aromatic carbocycles. The smallest absolute Gasteiger partial charge is 0.243 e. The first-order valence-corrected chi connectivity index (χ1v) is 16.7. The molecule has 1 aliphatic rings. The van der Waals surface area contributed by atoms with Crippen LogP contribution in [0.4, 0.5) is 0 Å². The van der Waals surface area contributed by atoms with Gasteiger partial charge in [0.2, 0.25) is 21.8 Å². The third-order valence-electron chi connectivity index (χ3n) is 7.85. The Bertz CT molecular complexity index is 1660. The molecule has 2 N–H and O–H groups in total. The fraction of sp³-hybridized carbons (Fsp3) is 0.278. The molecule has 0 aliphatic heterocycles. The van der Waals surface area contributed by atoms with E-state index in [2.05, 4.69) is 10.0 Å². The monoisotopic (exact) mass is 625 g/mol. The molecule has 45 heavy (non-hydrogen) atoms. The van der Waals surface area contributed by atoms with E-state index >= 15 is 0 Å². The second-order valence-electron chi connectivity index (χ2n) is 11.3. The van der Waals surface area contributed by atoms with Gasteiger partial charge in [0.05, 0.1) is 12.0 Å². The quantitative estimate of drug-likeness (QED) is 0.193. The fourth-order valence-corrected chi connectivity index (χ4v) is 6.41. The predicted octanol–water partition coefficient (Wildman–Crippen LogP) is 5.03. The lowest BCUT2D eigenvalue weighted by atomic mass is 10.0. The first kappa shape index (κ1) is 31.9. The number of carbonyl (C=O) groups excluding carboxylic acids is 2. The molecule has 0 spiro atoms. The van der Waals surface area contributed by atoms with Crippen LogP contribution in [0, 0.1) is 0 Å². The fourth-order valence-electron chi connectivity index (χ4n) is 5.10. The summed E-state index contributed by atoms with van der Waals surface area (Å²) in [6.45, 7) is 0.587. The van der Waals surface area contributed by atoms with E-state index in [0.717, 1.165) is 40.8 Å². The van der Waals surface area contributed by atoms with Crippen LogP contribution < -0.4 is 14.8 Å². The van der Waals surface area contributed by atoms with Crippen molar-refractivity contribution in [1.82, 2.24) is 14.9 Å². The number of methoxy groups -OCH3 is 1. The third-order valence-corrected chi connectivity index (χ3v) is 9.39. The number of nitrogens with one attached hydrogen (secondary N) is 2. The molecular formula is C36H39N3O5S. The topological polar surface area (TPSA) is 105 Å². The highest BCUT2D eigenvalue weighted by atomic mass is 32.2. The highest BCUT2D eigenvalue weighted by Gasteiger charge is 2.31. The largest absolute Gasteiger partial charge is 0.497 e. The van der Waals surface area contributed by atoms with Crippen LogP contribution in [0.1, 0.15) is 41.5 Å². The molecular weight excluding hydrogens is 586 g/mol. The van der Waals surface area contributed by atoms with Gasteiger partial charge in [0.1, 0.15) is 11.8 Å². The van der Waals surface area contributed by atoms with Gasteiger partial charge in [-0.05, 0) is 65.8 Å². The van der Waals surface area contributed by atoms with Crippen molar-refractivity contribution < 1.29 is 22.7 Å². The van der Waals surface area contributed by atoms with Gasteiger partial charge in [0.15, 0.2) is 0 Å². The molecule has 1 saturated carbocycles. The molecule has 0 bridgehead atoms. The Morgan fingerprint density at radius 3 is 2.00 bits per heavy atom. The molecule has 0 saturated heterocycles. The maximum absolute atomic E-state index is 14.0. The minimum absolute atomic E-state index is 0.0279. The van der Waals surface area contributed by atoms with Crippen molar-refractivity contribution in [2.45, 2.75) is 62.2 Å². The number of hydrogen-bond acceptors (Lipinski definition) is 5. The lowest BCUT2D eigenvalue weighted by Crippen LogP contribution is -2.50. The summed E-state index contributed by atoms with van der Waals surface area (Å²) >= 11 is 0. The van der Waals surface area contributed by atoms with Crippen LogP contribution in [0.2, 0.25) is 0 Å². The molecule has 4 aromatic rings. The van der Waals surface area contributed by atoms with Crippen molar-refractivity contribution in [3.63, 3.8) is 0 Å². The molecule has 1 atom stereocenters. The number of amides is 2. The number of carbonyl (C=O) groups is 2. The van der Waals surface area contributed by atoms with Crippen molar-refractivity contribution in [2.75, 3.05) is 7.11 Å². The molecule has 1 unspecified atom stereocenters. The van der Waals surface area contributed by atoms with E-state index in [0.29, 0.717) is 19.4 Å². The van der Waals surface area contributed by atoms with Gasteiger partial charge in [-0.25, -0.2) is 13.1 Å². The summed E-state index contributed by atoms with van der Waals surface area (Å²) in [6, 6.07) is 32.8. The zero-order chi connectivity index (χ0) is 31.6. The van der Waals surface area contributed by atoms with E-state index in [-0.39, 0.29) is 35.7 Å². The van der Waals surface area contributed by atoms with Gasteiger partial charge in [0.25, 0.3) is 0 Å². The second-order valence-corrected chi connectivity index (χ2v) is 13.0. The first-order chi connectivity index (χ1) is 21.8.